The number of nitrogens with one attached hydrogen (secondary N) is 1. The van der Waals surface area contributed by atoms with E-state index in [0.29, 0.717) is 22.0 Å². The number of aliphatic hydroxyl groups is 1. The summed E-state index contributed by atoms with van der Waals surface area (Å²) in [7, 11) is 1.58. The van der Waals surface area contributed by atoms with Crippen molar-refractivity contribution in [1.82, 2.24) is 15.1 Å². The van der Waals surface area contributed by atoms with Gasteiger partial charge in [-0.05, 0) is 53.9 Å². The van der Waals surface area contributed by atoms with Crippen LogP contribution in [0, 0.1) is 5.82 Å². The van der Waals surface area contributed by atoms with Gasteiger partial charge in [-0.2, -0.15) is 5.10 Å². The molecule has 4 aromatic rings. The molecule has 0 radical (unpaired) electrons. The first-order valence-electron chi connectivity index (χ1n) is 13.4. The SMILES string of the molecule is Cl.Cn1cc(C(=O)NC(Cc2ccc(Cl)cc2)C(=O)C(N)=O)c(-c2ccccc2F)n1.NC(=O)C(O)C(N)Cc1ccc(Cl)cc1. The average Bonchev–Trinajstić information content (AvgIpc) is 3.40. The molecule has 244 valence electrons. The second kappa shape index (κ2) is 17.4. The van der Waals surface area contributed by atoms with Gasteiger partial charge in [-0.25, -0.2) is 4.39 Å². The zero-order valence-corrected chi connectivity index (χ0v) is 26.7. The summed E-state index contributed by atoms with van der Waals surface area (Å²) in [4.78, 5) is 47.4. The van der Waals surface area contributed by atoms with Crippen LogP contribution in [0.4, 0.5) is 4.39 Å². The molecule has 0 bridgehead atoms. The molecule has 4 rings (SSSR count). The standard InChI is InChI=1S/C21H18ClFN4O3.C10H13ClN2O2.ClH/c1-27-11-15(18(26-27)14-4-2-3-5-16(14)23)21(30)25-17(19(28)20(24)29)10-12-6-8-13(22)9-7-12;11-7-3-1-6(2-4-7)5-8(12)9(14)10(13)15;/h2-9,11,17H,10H2,1H3,(H2,24,29)(H,25,30);1-4,8-9,14H,5,12H2,(H2,13,15);1H. The van der Waals surface area contributed by atoms with E-state index in [1.54, 1.807) is 61.6 Å². The zero-order valence-electron chi connectivity index (χ0n) is 24.4. The summed E-state index contributed by atoms with van der Waals surface area (Å²) in [6, 6.07) is 17.6. The summed E-state index contributed by atoms with van der Waals surface area (Å²) in [5, 5.41) is 17.1. The summed E-state index contributed by atoms with van der Waals surface area (Å²) >= 11 is 11.6. The molecular formula is C31H32Cl3FN6O5. The number of Topliss-reactive ketones (excluding diaryl/α,β-unsaturated/α-hetero) is 1. The number of hydrogen-bond acceptors (Lipinski definition) is 7. The van der Waals surface area contributed by atoms with Crippen LogP contribution >= 0.6 is 35.6 Å². The van der Waals surface area contributed by atoms with Crippen LogP contribution in [-0.2, 0) is 34.3 Å². The first-order chi connectivity index (χ1) is 21.3. The van der Waals surface area contributed by atoms with Gasteiger partial charge in [-0.1, -0.05) is 59.6 Å². The van der Waals surface area contributed by atoms with Crippen LogP contribution in [0.15, 0.2) is 79.0 Å². The molecule has 1 aromatic heterocycles. The Morgan fingerprint density at radius 1 is 0.913 bits per heavy atom. The van der Waals surface area contributed by atoms with Gasteiger partial charge >= 0.3 is 0 Å². The van der Waals surface area contributed by atoms with E-state index in [0.717, 1.165) is 5.56 Å². The van der Waals surface area contributed by atoms with Crippen molar-refractivity contribution >= 4 is 59.1 Å². The molecule has 3 atom stereocenters. The molecule has 0 saturated heterocycles. The molecule has 0 spiro atoms. The monoisotopic (exact) mass is 692 g/mol. The Morgan fingerprint density at radius 2 is 1.43 bits per heavy atom. The topological polar surface area (TPSA) is 196 Å². The van der Waals surface area contributed by atoms with Gasteiger partial charge in [-0.15, -0.1) is 12.4 Å². The lowest BCUT2D eigenvalue weighted by atomic mass is 10.0. The number of nitrogens with zero attached hydrogens (tertiary/aromatic N) is 2. The van der Waals surface area contributed by atoms with Crippen molar-refractivity contribution in [2.75, 3.05) is 0 Å². The van der Waals surface area contributed by atoms with Crippen LogP contribution in [0.5, 0.6) is 0 Å². The average molecular weight is 694 g/mol. The fourth-order valence-electron chi connectivity index (χ4n) is 4.20. The maximum atomic E-state index is 14.2. The summed E-state index contributed by atoms with van der Waals surface area (Å²) in [6.45, 7) is 0. The third kappa shape index (κ3) is 10.6. The fraction of sp³-hybridized carbons (Fsp3) is 0.194. The highest BCUT2D eigenvalue weighted by Gasteiger charge is 2.28. The highest BCUT2D eigenvalue weighted by molar-refractivity contribution is 6.38. The molecule has 0 saturated carbocycles. The van der Waals surface area contributed by atoms with E-state index >= 15 is 0 Å². The van der Waals surface area contributed by atoms with Gasteiger partial charge in [0.2, 0.25) is 11.7 Å². The number of carbonyl (C=O) groups excluding carboxylic acids is 4. The smallest absolute Gasteiger partial charge is 0.287 e. The Balaban J connectivity index is 0.000000389. The highest BCUT2D eigenvalue weighted by Crippen LogP contribution is 2.25. The molecule has 3 aromatic carbocycles. The van der Waals surface area contributed by atoms with E-state index in [4.69, 9.17) is 40.4 Å². The first-order valence-corrected chi connectivity index (χ1v) is 14.2. The minimum Gasteiger partial charge on any atom is -0.382 e. The van der Waals surface area contributed by atoms with Gasteiger partial charge in [0.05, 0.1) is 5.56 Å². The Bertz CT molecular complexity index is 1670. The number of primary amides is 2. The summed E-state index contributed by atoms with van der Waals surface area (Å²) in [5.41, 5.74) is 17.5. The predicted octanol–water partition coefficient (Wildman–Crippen LogP) is 2.75. The second-order valence-corrected chi connectivity index (χ2v) is 10.8. The number of hydrogen-bond donors (Lipinski definition) is 5. The highest BCUT2D eigenvalue weighted by atomic mass is 35.5. The van der Waals surface area contributed by atoms with E-state index in [-0.39, 0.29) is 35.6 Å². The van der Waals surface area contributed by atoms with E-state index in [2.05, 4.69) is 10.4 Å². The van der Waals surface area contributed by atoms with Crippen LogP contribution in [0.3, 0.4) is 0 Å². The molecule has 46 heavy (non-hydrogen) atoms. The molecule has 0 aliphatic heterocycles. The van der Waals surface area contributed by atoms with Gasteiger partial charge in [0.25, 0.3) is 11.8 Å². The Kier molecular flexibility index (Phi) is 14.3. The number of amides is 3. The second-order valence-electron chi connectivity index (χ2n) is 9.97. The molecule has 3 amide bonds. The quantitative estimate of drug-likeness (QED) is 0.149. The number of aliphatic hydroxyl groups excluding tert-OH is 1. The maximum Gasteiger partial charge on any atom is 0.287 e. The van der Waals surface area contributed by atoms with Crippen LogP contribution in [0.1, 0.15) is 21.5 Å². The lowest BCUT2D eigenvalue weighted by Gasteiger charge is -2.16. The summed E-state index contributed by atoms with van der Waals surface area (Å²) < 4.78 is 15.6. The Labute approximate surface area is 280 Å². The predicted molar refractivity (Wildman–Crippen MR) is 175 cm³/mol. The van der Waals surface area contributed by atoms with Crippen molar-refractivity contribution in [3.8, 4) is 11.3 Å². The Hall–Kier alpha value is -4.33. The molecule has 1 heterocycles. The van der Waals surface area contributed by atoms with Crippen molar-refractivity contribution in [3.05, 3.63) is 112 Å². The molecule has 3 unspecified atom stereocenters. The van der Waals surface area contributed by atoms with Crippen molar-refractivity contribution in [3.63, 3.8) is 0 Å². The van der Waals surface area contributed by atoms with Crippen LogP contribution in [-0.4, -0.2) is 56.6 Å². The number of aromatic nitrogens is 2. The van der Waals surface area contributed by atoms with Gasteiger partial charge in [0.1, 0.15) is 23.7 Å². The molecule has 8 N–H and O–H groups in total. The van der Waals surface area contributed by atoms with E-state index in [9.17, 15) is 28.7 Å². The molecule has 0 aliphatic carbocycles. The summed E-state index contributed by atoms with van der Waals surface area (Å²) in [5.74, 6) is -4.16. The Morgan fingerprint density at radius 3 is 1.93 bits per heavy atom. The number of carbonyl (C=O) groups is 4. The van der Waals surface area contributed by atoms with E-state index < -0.39 is 47.5 Å². The fourth-order valence-corrected chi connectivity index (χ4v) is 4.45. The van der Waals surface area contributed by atoms with Crippen molar-refractivity contribution in [2.45, 2.75) is 31.0 Å². The van der Waals surface area contributed by atoms with E-state index in [1.807, 2.05) is 0 Å². The maximum absolute atomic E-state index is 14.2. The number of benzene rings is 3. The number of rotatable bonds is 11. The number of aryl methyl sites for hydroxylation is 1. The molecule has 11 nitrogen and oxygen atoms in total. The first kappa shape index (κ1) is 37.9. The minimum absolute atomic E-state index is 0. The largest absolute Gasteiger partial charge is 0.382 e. The number of halogens is 4. The van der Waals surface area contributed by atoms with Crippen molar-refractivity contribution in [2.24, 2.45) is 24.2 Å². The van der Waals surface area contributed by atoms with Crippen LogP contribution < -0.4 is 22.5 Å². The van der Waals surface area contributed by atoms with Crippen LogP contribution in [0.25, 0.3) is 11.3 Å². The number of ketones is 1. The van der Waals surface area contributed by atoms with Gasteiger partial charge in [0, 0.05) is 41.3 Å². The lowest BCUT2D eigenvalue weighted by Crippen LogP contribution is -2.47. The van der Waals surface area contributed by atoms with Crippen molar-refractivity contribution < 1.29 is 28.7 Å². The van der Waals surface area contributed by atoms with Gasteiger partial charge < -0.3 is 27.6 Å². The van der Waals surface area contributed by atoms with Gasteiger partial charge in [0.15, 0.2) is 0 Å². The molecule has 15 heteroatoms. The third-order valence-electron chi connectivity index (χ3n) is 6.50. The molecule has 0 aliphatic rings. The van der Waals surface area contributed by atoms with Crippen molar-refractivity contribution in [1.29, 1.82) is 0 Å². The zero-order chi connectivity index (χ0) is 33.3. The van der Waals surface area contributed by atoms with E-state index in [1.165, 1.54) is 29.1 Å². The summed E-state index contributed by atoms with van der Waals surface area (Å²) in [6.07, 6.45) is 0.493. The normalized spacial score (nSPS) is 12.4. The lowest BCUT2D eigenvalue weighted by molar-refractivity contribution is -0.137. The third-order valence-corrected chi connectivity index (χ3v) is 7.01. The molecular weight excluding hydrogens is 662 g/mol. The van der Waals surface area contributed by atoms with Gasteiger partial charge in [-0.3, -0.25) is 23.9 Å². The van der Waals surface area contributed by atoms with Crippen LogP contribution in [0.2, 0.25) is 10.0 Å². The minimum atomic E-state index is -1.32. The number of nitrogens with two attached hydrogens (primary N) is 3. The molecule has 0 fully saturated rings.